The molecule has 0 radical (unpaired) electrons. The molecule has 8 atom stereocenters. The minimum atomic E-state index is -3.73. The average Bonchev–Trinajstić information content (AvgIpc) is 3.32. The number of esters is 1. The van der Waals surface area contributed by atoms with E-state index in [4.69, 9.17) is 82.7 Å². The Hall–Kier alpha value is 3.45. The summed E-state index contributed by atoms with van der Waals surface area (Å²) < 4.78 is 58.7. The Labute approximate surface area is 475 Å². The molecule has 428 valence electrons. The number of unbranched alkanes of at least 4 members (excludes halogenated alkanes) is 4. The Morgan fingerprint density at radius 3 is 1.15 bits per heavy atom. The normalized spacial score (nSPS) is 19.1. The van der Waals surface area contributed by atoms with Gasteiger partial charge < -0.3 is 0 Å². The van der Waals surface area contributed by atoms with Crippen molar-refractivity contribution in [3.63, 3.8) is 0 Å². The van der Waals surface area contributed by atoms with Gasteiger partial charge in [-0.1, -0.05) is 132 Å². The molecule has 0 fully saturated rings. The van der Waals surface area contributed by atoms with Crippen LogP contribution in [0.2, 0.25) is 0 Å². The molecule has 10 nitrogen and oxygen atoms in total. The number of ether oxygens (including phenoxy) is 1. The number of carbonyl (C=O) groups excluding carboxylic acids is 1. The van der Waals surface area contributed by atoms with Crippen molar-refractivity contribution in [3.8, 4) is 0 Å². The summed E-state index contributed by atoms with van der Waals surface area (Å²) in [5, 5.41) is 0. The Bertz CT molecular complexity index is 1420. The Morgan fingerprint density at radius 2 is 0.845 bits per heavy atom. The second-order valence-electron chi connectivity index (χ2n) is 18.7. The summed E-state index contributed by atoms with van der Waals surface area (Å²) in [6, 6.07) is 0. The summed E-state index contributed by atoms with van der Waals surface area (Å²) in [7, 11) is 7.56. The van der Waals surface area contributed by atoms with E-state index >= 15 is 0 Å². The van der Waals surface area contributed by atoms with Crippen LogP contribution in [0.1, 0.15) is 206 Å². The van der Waals surface area contributed by atoms with Gasteiger partial charge in [0.2, 0.25) is 0 Å². The van der Waals surface area contributed by atoms with Gasteiger partial charge in [-0.25, -0.2) is 0 Å². The number of halogens is 1. The summed E-state index contributed by atoms with van der Waals surface area (Å²) in [6.07, 6.45) is 17.0. The van der Waals surface area contributed by atoms with E-state index in [1.807, 2.05) is 34.6 Å². The summed E-state index contributed by atoms with van der Waals surface area (Å²) >= 11 is 20.0. The molecule has 0 N–H and O–H groups in total. The van der Waals surface area contributed by atoms with Gasteiger partial charge in [0.25, 0.3) is 0 Å². The van der Waals surface area contributed by atoms with Crippen molar-refractivity contribution >= 4 is 127 Å². The maximum atomic E-state index is 12.2. The fraction of sp³-hybridized carbons (Fsp3) is 0.980. The minimum absolute atomic E-state index is 0.130. The number of rotatable bonds is 50. The summed E-state index contributed by atoms with van der Waals surface area (Å²) in [6.45, 7) is 32.3. The van der Waals surface area contributed by atoms with Crippen LogP contribution in [0.4, 0.5) is 0 Å². The molecule has 0 aliphatic rings. The molecule has 0 aliphatic carbocycles. The molecular formula is C49H102IO10P3S8. The molecule has 0 amide bonds. The molecule has 0 saturated heterocycles. The predicted octanol–water partition coefficient (Wildman–Crippen LogP) is 20.0. The molecule has 0 rings (SSSR count). The third-order valence-corrected chi connectivity index (χ3v) is 39.0. The van der Waals surface area contributed by atoms with Crippen molar-refractivity contribution in [2.45, 2.75) is 231 Å². The van der Waals surface area contributed by atoms with Crippen molar-refractivity contribution in [2.24, 2.45) is 23.7 Å². The molecular weight excluding hydrogens is 1220 g/mol. The van der Waals surface area contributed by atoms with E-state index in [0.717, 1.165) is 77.0 Å². The van der Waals surface area contributed by atoms with Crippen molar-refractivity contribution < 1.29 is 42.8 Å². The van der Waals surface area contributed by atoms with Gasteiger partial charge in [-0.15, -0.1) is 0 Å². The quantitative estimate of drug-likeness (QED) is 0.0328. The van der Waals surface area contributed by atoms with Gasteiger partial charge in [-0.2, -0.15) is 0 Å². The van der Waals surface area contributed by atoms with Gasteiger partial charge in [0.1, 0.15) is 0 Å². The standard InChI is InChI=1S/C49H102IO10P3S8/c1-15-24-28-45(19-5)34-53-61(65,54-35-46(20-6)29-25-16-2)69-39-43(13)59-63(67,71-38-42(12)58-50(64,57-41(10)11)68-33-32-49(51)52-23-9)60-44(14)40-70-62(66,55-36-47(21-7)30-26-17-3)56-37-48(22-8)31-27-18-4/h41-48H,15-40H2,1-14H3. The van der Waals surface area contributed by atoms with Gasteiger partial charge in [-0.3, -0.25) is 0 Å². The molecule has 22 heteroatoms. The van der Waals surface area contributed by atoms with E-state index < -0.39 is 33.0 Å². The molecule has 8 unspecified atom stereocenters. The van der Waals surface area contributed by atoms with E-state index in [1.54, 1.807) is 29.7 Å². The molecule has 0 aromatic carbocycles. The van der Waals surface area contributed by atoms with E-state index in [-0.39, 0.29) is 36.8 Å². The van der Waals surface area contributed by atoms with Gasteiger partial charge in [-0.05, 0) is 49.4 Å². The SMILES string of the molecule is CCCCC(CC)COP(=S)(OCC(CC)CCCC)SCC(C)OP(=S)(OC(C)CSP(=S)(OCC(CC)CCCC)OCC(CC)CCCC)SCC(C)OI(=S)(OC(C)C)SCCC(=O)OCC. The van der Waals surface area contributed by atoms with Crippen LogP contribution in [0, 0.1) is 23.7 Å². The van der Waals surface area contributed by atoms with E-state index in [2.05, 4.69) is 55.4 Å². The topological polar surface area (TPSA) is 100 Å². The van der Waals surface area contributed by atoms with Gasteiger partial charge in [0, 0.05) is 0 Å². The van der Waals surface area contributed by atoms with Gasteiger partial charge in [0.05, 0.1) is 0 Å². The van der Waals surface area contributed by atoms with Crippen molar-refractivity contribution in [1.82, 2.24) is 0 Å². The Balaban J connectivity index is 6.68. The van der Waals surface area contributed by atoms with Crippen LogP contribution >= 0.6 is 85.4 Å². The monoisotopic (exact) mass is 1330 g/mol. The van der Waals surface area contributed by atoms with Crippen LogP contribution in [-0.4, -0.2) is 86.4 Å². The van der Waals surface area contributed by atoms with Gasteiger partial charge in [0.15, 0.2) is 0 Å². The first kappa shape index (κ1) is 74.5. The molecule has 71 heavy (non-hydrogen) atoms. The number of hydrogen-bond acceptors (Lipinski definition) is 18. The summed E-state index contributed by atoms with van der Waals surface area (Å²) in [5.41, 5.74) is -8.54. The maximum absolute atomic E-state index is 12.2. The van der Waals surface area contributed by atoms with Crippen LogP contribution in [0.5, 0.6) is 0 Å². The van der Waals surface area contributed by atoms with E-state index in [1.165, 1.54) is 46.0 Å². The second kappa shape index (κ2) is 44.1. The fourth-order valence-corrected chi connectivity index (χ4v) is 32.6. The Kier molecular flexibility index (Phi) is 46.3. The predicted molar refractivity (Wildman–Crippen MR) is 340 cm³/mol. The summed E-state index contributed by atoms with van der Waals surface area (Å²) in [4.78, 5) is 12.2. The van der Waals surface area contributed by atoms with Crippen LogP contribution in [-0.2, 0) is 78.2 Å². The van der Waals surface area contributed by atoms with E-state index in [0.29, 0.717) is 79.7 Å². The average molecular weight is 1330 g/mol. The first-order valence-electron chi connectivity index (χ1n) is 27.0. The fourth-order valence-electron chi connectivity index (χ4n) is 6.73. The second-order valence-corrected chi connectivity index (χ2v) is 50.1. The van der Waals surface area contributed by atoms with Crippen molar-refractivity contribution in [3.05, 3.63) is 0 Å². The van der Waals surface area contributed by atoms with Crippen LogP contribution < -0.4 is 0 Å². The molecule has 0 bridgehead atoms. The van der Waals surface area contributed by atoms with Crippen molar-refractivity contribution in [2.75, 3.05) is 56.0 Å². The van der Waals surface area contributed by atoms with Crippen LogP contribution in [0.15, 0.2) is 0 Å². The zero-order valence-electron chi connectivity index (χ0n) is 46.6. The Morgan fingerprint density at radius 1 is 0.507 bits per heavy atom. The first-order chi connectivity index (χ1) is 33.6. The van der Waals surface area contributed by atoms with Crippen LogP contribution in [0.25, 0.3) is 0 Å². The van der Waals surface area contributed by atoms with E-state index in [9.17, 15) is 4.79 Å². The molecule has 0 saturated carbocycles. The third kappa shape index (κ3) is 37.9. The van der Waals surface area contributed by atoms with Crippen LogP contribution in [0.3, 0.4) is 0 Å². The molecule has 0 spiro atoms. The first-order valence-corrected chi connectivity index (χ1v) is 47.9. The summed E-state index contributed by atoms with van der Waals surface area (Å²) in [5.74, 6) is 3.49. The molecule has 0 aromatic heterocycles. The molecule has 0 aromatic rings. The molecule has 0 heterocycles. The number of hydrogen-bond donors (Lipinski definition) is 0. The van der Waals surface area contributed by atoms with Gasteiger partial charge >= 0.3 is 298 Å². The zero-order chi connectivity index (χ0) is 53.8. The third-order valence-electron chi connectivity index (χ3n) is 11.4. The van der Waals surface area contributed by atoms with Crippen molar-refractivity contribution in [1.29, 1.82) is 0 Å². The zero-order valence-corrected chi connectivity index (χ0v) is 57.9. The molecule has 0 aliphatic heterocycles. The number of carbonyl (C=O) groups is 1.